The molecule has 94 valence electrons. The topological polar surface area (TPSA) is 29.9 Å². The van der Waals surface area contributed by atoms with Crippen molar-refractivity contribution >= 4 is 0 Å². The highest BCUT2D eigenvalue weighted by Crippen LogP contribution is 2.26. The van der Waals surface area contributed by atoms with E-state index in [1.165, 1.54) is 6.07 Å². The summed E-state index contributed by atoms with van der Waals surface area (Å²) in [5.41, 5.74) is 1.85. The molecule has 1 aliphatic heterocycles. The van der Waals surface area contributed by atoms with Crippen LogP contribution in [-0.4, -0.2) is 22.6 Å². The second-order valence-corrected chi connectivity index (χ2v) is 4.76. The van der Waals surface area contributed by atoms with E-state index in [0.717, 1.165) is 36.6 Å². The van der Waals surface area contributed by atoms with Crippen molar-refractivity contribution in [1.82, 2.24) is 14.9 Å². The molecule has 1 aromatic carbocycles. The van der Waals surface area contributed by atoms with Crippen LogP contribution in [0, 0.1) is 5.82 Å². The van der Waals surface area contributed by atoms with Crippen molar-refractivity contribution in [2.75, 3.05) is 13.1 Å². The predicted octanol–water partition coefficient (Wildman–Crippen LogP) is 2.30. The van der Waals surface area contributed by atoms with Gasteiger partial charge in [0, 0.05) is 25.1 Å². The lowest BCUT2D eigenvalue weighted by Gasteiger charge is -2.10. The van der Waals surface area contributed by atoms with Crippen molar-refractivity contribution in [1.29, 1.82) is 0 Å². The molecule has 1 aromatic heterocycles. The minimum atomic E-state index is -0.210. The number of benzene rings is 1. The summed E-state index contributed by atoms with van der Waals surface area (Å²) in [5.74, 6) is 1.34. The molecule has 1 N–H and O–H groups in total. The molecular weight excluding hydrogens is 229 g/mol. The number of nitrogens with zero attached hydrogens (tertiary/aromatic N) is 2. The average molecular weight is 245 g/mol. The molecule has 3 rings (SSSR count). The van der Waals surface area contributed by atoms with E-state index in [1.54, 1.807) is 12.1 Å². The monoisotopic (exact) mass is 245 g/mol. The van der Waals surface area contributed by atoms with Crippen LogP contribution in [0.1, 0.15) is 18.2 Å². The Morgan fingerprint density at radius 1 is 1.44 bits per heavy atom. The second-order valence-electron chi connectivity index (χ2n) is 4.76. The summed E-state index contributed by atoms with van der Waals surface area (Å²) in [5, 5.41) is 3.34. The van der Waals surface area contributed by atoms with Gasteiger partial charge in [-0.2, -0.15) is 0 Å². The van der Waals surface area contributed by atoms with Crippen LogP contribution in [0.2, 0.25) is 0 Å². The summed E-state index contributed by atoms with van der Waals surface area (Å²) in [6, 6.07) is 6.65. The maximum atomic E-state index is 13.3. The van der Waals surface area contributed by atoms with Gasteiger partial charge in [-0.3, -0.25) is 0 Å². The summed E-state index contributed by atoms with van der Waals surface area (Å²) < 4.78 is 15.3. The second kappa shape index (κ2) is 4.53. The van der Waals surface area contributed by atoms with Gasteiger partial charge < -0.3 is 9.88 Å². The molecule has 1 saturated heterocycles. The van der Waals surface area contributed by atoms with Gasteiger partial charge in [0.05, 0.1) is 11.9 Å². The van der Waals surface area contributed by atoms with Gasteiger partial charge in [0.25, 0.3) is 0 Å². The molecule has 18 heavy (non-hydrogen) atoms. The third kappa shape index (κ3) is 1.93. The molecule has 3 nitrogen and oxygen atoms in total. The van der Waals surface area contributed by atoms with Crippen LogP contribution in [-0.2, 0) is 7.05 Å². The zero-order valence-corrected chi connectivity index (χ0v) is 10.4. The molecule has 1 fully saturated rings. The fraction of sp³-hybridized carbons (Fsp3) is 0.357. The molecule has 1 unspecified atom stereocenters. The summed E-state index contributed by atoms with van der Waals surface area (Å²) in [6.07, 6.45) is 2.95. The standard InChI is InChI=1S/C14H16FN3/c1-18-13(10-3-2-4-12(15)7-10)9-17-14(18)11-5-6-16-8-11/h2-4,7,9,11,16H,5-6,8H2,1H3. The minimum Gasteiger partial charge on any atom is -0.331 e. The first kappa shape index (κ1) is 11.4. The van der Waals surface area contributed by atoms with Gasteiger partial charge in [-0.15, -0.1) is 0 Å². The number of imidazole rings is 1. The number of hydrogen-bond acceptors (Lipinski definition) is 2. The normalized spacial score (nSPS) is 19.3. The molecule has 2 aromatic rings. The Balaban J connectivity index is 1.98. The fourth-order valence-electron chi connectivity index (χ4n) is 2.59. The molecular formula is C14H16FN3. The van der Waals surface area contributed by atoms with E-state index < -0.39 is 0 Å². The van der Waals surface area contributed by atoms with E-state index in [4.69, 9.17) is 0 Å². The summed E-state index contributed by atoms with van der Waals surface area (Å²) in [7, 11) is 2.00. The van der Waals surface area contributed by atoms with Crippen molar-refractivity contribution in [3.8, 4) is 11.3 Å². The Morgan fingerprint density at radius 2 is 2.33 bits per heavy atom. The van der Waals surface area contributed by atoms with Crippen LogP contribution in [0.25, 0.3) is 11.3 Å². The first-order valence-corrected chi connectivity index (χ1v) is 6.24. The van der Waals surface area contributed by atoms with Crippen LogP contribution in [0.4, 0.5) is 4.39 Å². The van der Waals surface area contributed by atoms with E-state index in [0.29, 0.717) is 5.92 Å². The van der Waals surface area contributed by atoms with Gasteiger partial charge >= 0.3 is 0 Å². The van der Waals surface area contributed by atoms with Crippen LogP contribution >= 0.6 is 0 Å². The SMILES string of the molecule is Cn1c(-c2cccc(F)c2)cnc1C1CCNC1. The zero-order chi connectivity index (χ0) is 12.5. The van der Waals surface area contributed by atoms with Crippen LogP contribution in [0.5, 0.6) is 0 Å². The quantitative estimate of drug-likeness (QED) is 0.880. The lowest BCUT2D eigenvalue weighted by molar-refractivity contribution is 0.627. The molecule has 1 aliphatic rings. The average Bonchev–Trinajstić information content (AvgIpc) is 2.97. The van der Waals surface area contributed by atoms with E-state index in [-0.39, 0.29) is 5.82 Å². The Bertz CT molecular complexity index is 556. The Kier molecular flexibility index (Phi) is 2.88. The van der Waals surface area contributed by atoms with Gasteiger partial charge in [-0.05, 0) is 25.1 Å². The molecule has 4 heteroatoms. The molecule has 0 bridgehead atoms. The van der Waals surface area contributed by atoms with Crippen molar-refractivity contribution in [2.45, 2.75) is 12.3 Å². The molecule has 1 atom stereocenters. The molecule has 0 spiro atoms. The van der Waals surface area contributed by atoms with Gasteiger partial charge in [0.2, 0.25) is 0 Å². The molecule has 0 amide bonds. The van der Waals surface area contributed by atoms with Gasteiger partial charge in [0.1, 0.15) is 11.6 Å². The van der Waals surface area contributed by atoms with E-state index in [9.17, 15) is 4.39 Å². The highest BCUT2D eigenvalue weighted by Gasteiger charge is 2.22. The lowest BCUT2D eigenvalue weighted by Crippen LogP contribution is -2.11. The van der Waals surface area contributed by atoms with Crippen LogP contribution in [0.3, 0.4) is 0 Å². The van der Waals surface area contributed by atoms with Gasteiger partial charge in [0.15, 0.2) is 0 Å². The van der Waals surface area contributed by atoms with E-state index in [2.05, 4.69) is 14.9 Å². The Labute approximate surface area is 106 Å². The smallest absolute Gasteiger partial charge is 0.123 e. The van der Waals surface area contributed by atoms with E-state index >= 15 is 0 Å². The third-order valence-electron chi connectivity index (χ3n) is 3.57. The largest absolute Gasteiger partial charge is 0.331 e. The lowest BCUT2D eigenvalue weighted by atomic mass is 10.1. The maximum Gasteiger partial charge on any atom is 0.123 e. The number of rotatable bonds is 2. The summed E-state index contributed by atoms with van der Waals surface area (Å²) in [6.45, 7) is 2.03. The zero-order valence-electron chi connectivity index (χ0n) is 10.4. The number of hydrogen-bond donors (Lipinski definition) is 1. The first-order valence-electron chi connectivity index (χ1n) is 6.24. The van der Waals surface area contributed by atoms with Crippen LogP contribution in [0.15, 0.2) is 30.5 Å². The van der Waals surface area contributed by atoms with Gasteiger partial charge in [-0.25, -0.2) is 9.37 Å². The summed E-state index contributed by atoms with van der Waals surface area (Å²) in [4.78, 5) is 4.50. The first-order chi connectivity index (χ1) is 8.75. The summed E-state index contributed by atoms with van der Waals surface area (Å²) >= 11 is 0. The molecule has 2 heterocycles. The van der Waals surface area contributed by atoms with Crippen molar-refractivity contribution in [3.05, 3.63) is 42.1 Å². The number of aromatic nitrogens is 2. The molecule has 0 radical (unpaired) electrons. The predicted molar refractivity (Wildman–Crippen MR) is 68.8 cm³/mol. The highest BCUT2D eigenvalue weighted by molar-refractivity contribution is 5.59. The maximum absolute atomic E-state index is 13.3. The van der Waals surface area contributed by atoms with E-state index in [1.807, 2.05) is 19.3 Å². The van der Waals surface area contributed by atoms with Crippen LogP contribution < -0.4 is 5.32 Å². The fourth-order valence-corrected chi connectivity index (χ4v) is 2.59. The number of nitrogens with one attached hydrogen (secondary N) is 1. The Morgan fingerprint density at radius 3 is 3.06 bits per heavy atom. The van der Waals surface area contributed by atoms with Crippen molar-refractivity contribution in [2.24, 2.45) is 7.05 Å². The number of halogens is 1. The van der Waals surface area contributed by atoms with Crippen molar-refractivity contribution in [3.63, 3.8) is 0 Å². The Hall–Kier alpha value is -1.68. The minimum absolute atomic E-state index is 0.210. The van der Waals surface area contributed by atoms with Gasteiger partial charge in [-0.1, -0.05) is 12.1 Å². The molecule has 0 aliphatic carbocycles. The van der Waals surface area contributed by atoms with Crippen molar-refractivity contribution < 1.29 is 4.39 Å². The third-order valence-corrected chi connectivity index (χ3v) is 3.57. The highest BCUT2D eigenvalue weighted by atomic mass is 19.1. The molecule has 0 saturated carbocycles.